The van der Waals surface area contributed by atoms with Crippen LogP contribution < -0.4 is 16.0 Å². The third-order valence-electron chi connectivity index (χ3n) is 4.38. The fraction of sp³-hybridized carbons (Fsp3) is 0.421. The number of carbonyl (C=O) groups is 1. The molecule has 0 bridgehead atoms. The Kier molecular flexibility index (Phi) is 5.21. The van der Waals surface area contributed by atoms with Crippen LogP contribution in [0.3, 0.4) is 0 Å². The van der Waals surface area contributed by atoms with Crippen LogP contribution in [-0.2, 0) is 0 Å². The molecule has 0 unspecified atom stereocenters. The molecule has 3 N–H and O–H groups in total. The maximum absolute atomic E-state index is 11.8. The molecule has 1 heterocycles. The molecule has 0 radical (unpaired) electrons. The summed E-state index contributed by atoms with van der Waals surface area (Å²) < 4.78 is 0. The Balaban J connectivity index is 1.56. The third-order valence-corrected chi connectivity index (χ3v) is 5.58. The van der Waals surface area contributed by atoms with Crippen molar-refractivity contribution in [3.8, 4) is 0 Å². The summed E-state index contributed by atoms with van der Waals surface area (Å²) in [6.07, 6.45) is 2.19. The lowest BCUT2D eigenvalue weighted by atomic mass is 10.1. The monoisotopic (exact) mass is 343 g/mol. The van der Waals surface area contributed by atoms with E-state index in [1.54, 1.807) is 11.3 Å². The molecule has 1 aliphatic rings. The predicted molar refractivity (Wildman–Crippen MR) is 101 cm³/mol. The average molecular weight is 343 g/mol. The minimum Gasteiger partial charge on any atom is -0.335 e. The van der Waals surface area contributed by atoms with E-state index >= 15 is 0 Å². The van der Waals surface area contributed by atoms with Gasteiger partial charge in [-0.3, -0.25) is 0 Å². The topological polar surface area (TPSA) is 53.2 Å². The van der Waals surface area contributed by atoms with Crippen LogP contribution in [0.15, 0.2) is 35.7 Å². The van der Waals surface area contributed by atoms with Crippen LogP contribution in [0.25, 0.3) is 0 Å². The normalized spacial score (nSPS) is 16.5. The minimum atomic E-state index is -0.113. The van der Waals surface area contributed by atoms with Crippen molar-refractivity contribution in [3.05, 3.63) is 51.7 Å². The van der Waals surface area contributed by atoms with E-state index in [4.69, 9.17) is 0 Å². The molecular weight excluding hydrogens is 318 g/mol. The number of anilines is 1. The summed E-state index contributed by atoms with van der Waals surface area (Å²) in [7, 11) is 0. The maximum atomic E-state index is 11.8. The quantitative estimate of drug-likeness (QED) is 0.709. The average Bonchev–Trinajstić information content (AvgIpc) is 3.25. The zero-order valence-corrected chi connectivity index (χ0v) is 15.2. The fourth-order valence-corrected chi connectivity index (χ4v) is 3.76. The van der Waals surface area contributed by atoms with Crippen LogP contribution in [-0.4, -0.2) is 12.1 Å². The van der Waals surface area contributed by atoms with E-state index in [9.17, 15) is 4.79 Å². The van der Waals surface area contributed by atoms with E-state index in [2.05, 4.69) is 60.3 Å². The second-order valence-corrected chi connectivity index (χ2v) is 7.52. The molecule has 5 heteroatoms. The largest absolute Gasteiger partial charge is 0.335 e. The van der Waals surface area contributed by atoms with Crippen LogP contribution in [0.5, 0.6) is 0 Å². The number of benzene rings is 1. The number of nitrogens with one attached hydrogen (secondary N) is 3. The van der Waals surface area contributed by atoms with Gasteiger partial charge in [-0.05, 0) is 68.3 Å². The minimum absolute atomic E-state index is 0.113. The van der Waals surface area contributed by atoms with Gasteiger partial charge < -0.3 is 16.0 Å². The first kappa shape index (κ1) is 17.0. The number of rotatable bonds is 6. The van der Waals surface area contributed by atoms with Gasteiger partial charge in [0.05, 0.1) is 0 Å². The summed E-state index contributed by atoms with van der Waals surface area (Å²) in [5, 5.41) is 11.6. The molecule has 3 rings (SSSR count). The van der Waals surface area contributed by atoms with Crippen molar-refractivity contribution in [2.45, 2.75) is 51.7 Å². The van der Waals surface area contributed by atoms with Crippen molar-refractivity contribution >= 4 is 23.1 Å². The highest BCUT2D eigenvalue weighted by molar-refractivity contribution is 7.10. The van der Waals surface area contributed by atoms with Gasteiger partial charge in [0, 0.05) is 28.7 Å². The molecule has 0 spiro atoms. The van der Waals surface area contributed by atoms with Crippen molar-refractivity contribution in [2.24, 2.45) is 0 Å². The van der Waals surface area contributed by atoms with Crippen LogP contribution in [0.1, 0.15) is 54.8 Å². The lowest BCUT2D eigenvalue weighted by molar-refractivity contribution is 0.251. The first-order valence-corrected chi connectivity index (χ1v) is 9.38. The summed E-state index contributed by atoms with van der Waals surface area (Å²) in [4.78, 5) is 13.1. The van der Waals surface area contributed by atoms with Crippen molar-refractivity contribution in [2.75, 3.05) is 5.32 Å². The Hall–Kier alpha value is -1.85. The summed E-state index contributed by atoms with van der Waals surface area (Å²) >= 11 is 1.80. The molecule has 2 aromatic rings. The molecule has 0 aliphatic heterocycles. The summed E-state index contributed by atoms with van der Waals surface area (Å²) in [6, 6.07) is 11.0. The van der Waals surface area contributed by atoms with Gasteiger partial charge in [0.25, 0.3) is 0 Å². The molecule has 128 valence electrons. The van der Waals surface area contributed by atoms with Gasteiger partial charge >= 0.3 is 6.03 Å². The zero-order chi connectivity index (χ0) is 17.1. The number of hydrogen-bond donors (Lipinski definition) is 3. The van der Waals surface area contributed by atoms with Crippen molar-refractivity contribution in [1.82, 2.24) is 10.6 Å². The molecule has 1 aromatic heterocycles. The van der Waals surface area contributed by atoms with Gasteiger partial charge in [-0.1, -0.05) is 12.1 Å². The van der Waals surface area contributed by atoms with Gasteiger partial charge in [-0.25, -0.2) is 4.79 Å². The number of carbonyl (C=O) groups excluding carboxylic acids is 1. The highest BCUT2D eigenvalue weighted by Crippen LogP contribution is 2.26. The Morgan fingerprint density at radius 3 is 2.42 bits per heavy atom. The Labute approximate surface area is 147 Å². The van der Waals surface area contributed by atoms with E-state index in [-0.39, 0.29) is 12.1 Å². The predicted octanol–water partition coefficient (Wildman–Crippen LogP) is 4.75. The fourth-order valence-electron chi connectivity index (χ4n) is 2.81. The zero-order valence-electron chi connectivity index (χ0n) is 14.4. The first-order chi connectivity index (χ1) is 11.5. The van der Waals surface area contributed by atoms with E-state index in [0.717, 1.165) is 18.5 Å². The molecule has 2 atom stereocenters. The lowest BCUT2D eigenvalue weighted by Crippen LogP contribution is -2.30. The van der Waals surface area contributed by atoms with E-state index < -0.39 is 0 Å². The molecular formula is C19H25N3OS. The van der Waals surface area contributed by atoms with Gasteiger partial charge in [0.15, 0.2) is 0 Å². The van der Waals surface area contributed by atoms with Crippen molar-refractivity contribution in [3.63, 3.8) is 0 Å². The third kappa shape index (κ3) is 4.36. The standard InChI is InChI=1S/C19H25N3OS/c1-12-10-11-24-18(12)14(3)20-13(2)15-4-6-16(7-5-15)21-19(23)22-17-8-9-17/h4-7,10-11,13-14,17,20H,8-9H2,1-3H3,(H2,21,22,23)/t13-,14-/m1/s1. The van der Waals surface area contributed by atoms with E-state index in [0.29, 0.717) is 12.1 Å². The van der Waals surface area contributed by atoms with Crippen LogP contribution in [0.2, 0.25) is 0 Å². The second kappa shape index (κ2) is 7.36. The number of amides is 2. The molecule has 1 aromatic carbocycles. The molecule has 1 fully saturated rings. The highest BCUT2D eigenvalue weighted by atomic mass is 32.1. The molecule has 0 saturated heterocycles. The second-order valence-electron chi connectivity index (χ2n) is 6.57. The molecule has 4 nitrogen and oxygen atoms in total. The van der Waals surface area contributed by atoms with Crippen LogP contribution in [0, 0.1) is 6.92 Å². The summed E-state index contributed by atoms with van der Waals surface area (Å²) in [5.74, 6) is 0. The number of aryl methyl sites for hydroxylation is 1. The first-order valence-electron chi connectivity index (χ1n) is 8.50. The molecule has 2 amide bonds. The number of hydrogen-bond acceptors (Lipinski definition) is 3. The number of thiophene rings is 1. The maximum Gasteiger partial charge on any atom is 0.319 e. The van der Waals surface area contributed by atoms with Gasteiger partial charge in [-0.15, -0.1) is 11.3 Å². The number of urea groups is 1. The van der Waals surface area contributed by atoms with Gasteiger partial charge in [0.2, 0.25) is 0 Å². The Morgan fingerprint density at radius 2 is 1.83 bits per heavy atom. The molecule has 24 heavy (non-hydrogen) atoms. The molecule has 1 saturated carbocycles. The SMILES string of the molecule is Cc1ccsc1[C@@H](C)N[C@H](C)c1ccc(NC(=O)NC2CC2)cc1. The molecule has 1 aliphatic carbocycles. The van der Waals surface area contributed by atoms with E-state index in [1.165, 1.54) is 16.0 Å². The Bertz CT molecular complexity index is 691. The lowest BCUT2D eigenvalue weighted by Gasteiger charge is -2.20. The van der Waals surface area contributed by atoms with Gasteiger partial charge in [0.1, 0.15) is 0 Å². The van der Waals surface area contributed by atoms with Crippen LogP contribution in [0.4, 0.5) is 10.5 Å². The van der Waals surface area contributed by atoms with E-state index in [1.807, 2.05) is 12.1 Å². The van der Waals surface area contributed by atoms with Crippen LogP contribution >= 0.6 is 11.3 Å². The van der Waals surface area contributed by atoms with Gasteiger partial charge in [-0.2, -0.15) is 0 Å². The summed E-state index contributed by atoms with van der Waals surface area (Å²) in [5.41, 5.74) is 3.38. The smallest absolute Gasteiger partial charge is 0.319 e. The highest BCUT2D eigenvalue weighted by Gasteiger charge is 2.23. The summed E-state index contributed by atoms with van der Waals surface area (Å²) in [6.45, 7) is 6.52. The van der Waals surface area contributed by atoms with Crippen molar-refractivity contribution in [1.29, 1.82) is 0 Å². The van der Waals surface area contributed by atoms with Crippen molar-refractivity contribution < 1.29 is 4.79 Å². The Morgan fingerprint density at radius 1 is 1.12 bits per heavy atom.